The lowest BCUT2D eigenvalue weighted by Crippen LogP contribution is -2.33. The molecule has 0 saturated heterocycles. The number of aryl methyl sites for hydroxylation is 1. The van der Waals surface area contributed by atoms with Crippen molar-refractivity contribution in [2.75, 3.05) is 23.9 Å². The molecular formula is C19H19ClF2N2O3. The fourth-order valence-corrected chi connectivity index (χ4v) is 2.68. The van der Waals surface area contributed by atoms with Gasteiger partial charge in [-0.25, -0.2) is 8.78 Å². The lowest BCUT2D eigenvalue weighted by atomic mass is 10.2. The van der Waals surface area contributed by atoms with E-state index in [4.69, 9.17) is 16.3 Å². The van der Waals surface area contributed by atoms with E-state index in [1.54, 1.807) is 19.1 Å². The van der Waals surface area contributed by atoms with E-state index in [2.05, 4.69) is 5.32 Å². The molecule has 0 heterocycles. The van der Waals surface area contributed by atoms with Crippen molar-refractivity contribution in [1.82, 2.24) is 0 Å². The zero-order valence-corrected chi connectivity index (χ0v) is 15.9. The van der Waals surface area contributed by atoms with Crippen molar-refractivity contribution in [1.29, 1.82) is 0 Å². The van der Waals surface area contributed by atoms with E-state index in [0.717, 1.165) is 22.6 Å². The number of ether oxygens (including phenoxy) is 1. The summed E-state index contributed by atoms with van der Waals surface area (Å²) in [5, 5.41) is 3.14. The Hall–Kier alpha value is -2.67. The van der Waals surface area contributed by atoms with Gasteiger partial charge in [-0.15, -0.1) is 0 Å². The molecule has 0 spiro atoms. The summed E-state index contributed by atoms with van der Waals surface area (Å²) in [5.74, 6) is -2.39. The molecule has 2 amide bonds. The fraction of sp³-hybridized carbons (Fsp3) is 0.263. The van der Waals surface area contributed by atoms with Crippen molar-refractivity contribution in [3.05, 3.63) is 52.6 Å². The number of anilines is 2. The van der Waals surface area contributed by atoms with E-state index in [1.807, 2.05) is 0 Å². The number of nitrogens with one attached hydrogen (secondary N) is 1. The summed E-state index contributed by atoms with van der Waals surface area (Å²) in [6.07, 6.45) is -0.168. The van der Waals surface area contributed by atoms with Gasteiger partial charge in [-0.05, 0) is 30.7 Å². The van der Waals surface area contributed by atoms with Gasteiger partial charge in [0.25, 0.3) is 0 Å². The number of hydrogen-bond donors (Lipinski definition) is 1. The van der Waals surface area contributed by atoms with Gasteiger partial charge in [0.15, 0.2) is 0 Å². The molecule has 2 aromatic carbocycles. The second kappa shape index (κ2) is 8.81. The quantitative estimate of drug-likeness (QED) is 0.791. The summed E-state index contributed by atoms with van der Waals surface area (Å²) in [6.45, 7) is 2.76. The number of rotatable bonds is 6. The van der Waals surface area contributed by atoms with Crippen molar-refractivity contribution in [3.63, 3.8) is 0 Å². The van der Waals surface area contributed by atoms with Crippen molar-refractivity contribution in [2.45, 2.75) is 20.3 Å². The van der Waals surface area contributed by atoms with Gasteiger partial charge < -0.3 is 15.0 Å². The Morgan fingerprint density at radius 2 is 1.85 bits per heavy atom. The first kappa shape index (κ1) is 20.6. The lowest BCUT2D eigenvalue weighted by molar-refractivity contribution is -0.117. The molecule has 0 unspecified atom stereocenters. The maximum atomic E-state index is 13.9. The third-order valence-corrected chi connectivity index (χ3v) is 4.31. The van der Waals surface area contributed by atoms with E-state index >= 15 is 0 Å². The van der Waals surface area contributed by atoms with Gasteiger partial charge in [0.05, 0.1) is 12.8 Å². The van der Waals surface area contributed by atoms with E-state index in [0.29, 0.717) is 16.5 Å². The molecule has 0 aromatic heterocycles. The van der Waals surface area contributed by atoms with Crippen LogP contribution in [0.4, 0.5) is 20.2 Å². The summed E-state index contributed by atoms with van der Waals surface area (Å²) >= 11 is 6.03. The Balaban J connectivity index is 2.14. The second-order valence-electron chi connectivity index (χ2n) is 5.84. The number of hydrogen-bond acceptors (Lipinski definition) is 3. The van der Waals surface area contributed by atoms with Crippen LogP contribution in [-0.4, -0.2) is 25.5 Å². The molecule has 0 bridgehead atoms. The molecule has 0 saturated carbocycles. The Morgan fingerprint density at radius 1 is 1.22 bits per heavy atom. The molecular weight excluding hydrogens is 378 g/mol. The number of amides is 2. The zero-order chi connectivity index (χ0) is 20.1. The first-order valence-electron chi connectivity index (χ1n) is 8.10. The third kappa shape index (κ3) is 4.95. The summed E-state index contributed by atoms with van der Waals surface area (Å²) < 4.78 is 33.1. The number of benzene rings is 2. The van der Waals surface area contributed by atoms with Crippen molar-refractivity contribution < 1.29 is 23.1 Å². The molecule has 0 aliphatic heterocycles. The van der Waals surface area contributed by atoms with Gasteiger partial charge in [-0.1, -0.05) is 17.7 Å². The molecule has 27 heavy (non-hydrogen) atoms. The van der Waals surface area contributed by atoms with Gasteiger partial charge in [-0.3, -0.25) is 9.59 Å². The van der Waals surface area contributed by atoms with Crippen molar-refractivity contribution >= 4 is 34.8 Å². The van der Waals surface area contributed by atoms with Crippen LogP contribution in [0.5, 0.6) is 5.75 Å². The highest BCUT2D eigenvalue weighted by atomic mass is 35.5. The summed E-state index contributed by atoms with van der Waals surface area (Å²) in [4.78, 5) is 25.0. The van der Waals surface area contributed by atoms with Crippen molar-refractivity contribution in [2.24, 2.45) is 0 Å². The standard InChI is InChI=1S/C19H19ClF2N2O3/c1-11-9-16(17(27-3)10-13(11)20)23-18(26)7-8-24(12(2)25)19-14(21)5-4-6-15(19)22/h4-6,9-10H,7-8H2,1-3H3,(H,23,26). The van der Waals surface area contributed by atoms with Crippen LogP contribution >= 0.6 is 11.6 Å². The zero-order valence-electron chi connectivity index (χ0n) is 15.1. The van der Waals surface area contributed by atoms with E-state index in [9.17, 15) is 18.4 Å². The molecule has 1 N–H and O–H groups in total. The minimum atomic E-state index is -0.874. The average Bonchev–Trinajstić information content (AvgIpc) is 2.60. The van der Waals surface area contributed by atoms with Gasteiger partial charge >= 0.3 is 0 Å². The Morgan fingerprint density at radius 3 is 2.41 bits per heavy atom. The Kier molecular flexibility index (Phi) is 6.74. The molecule has 0 aliphatic rings. The number of carbonyl (C=O) groups is 2. The molecule has 144 valence electrons. The van der Waals surface area contributed by atoms with E-state index < -0.39 is 29.1 Å². The first-order chi connectivity index (χ1) is 12.7. The number of halogens is 3. The van der Waals surface area contributed by atoms with Crippen LogP contribution in [-0.2, 0) is 9.59 Å². The van der Waals surface area contributed by atoms with Crippen LogP contribution in [0.3, 0.4) is 0 Å². The van der Waals surface area contributed by atoms with E-state index in [1.165, 1.54) is 20.1 Å². The van der Waals surface area contributed by atoms with Crippen molar-refractivity contribution in [3.8, 4) is 5.75 Å². The number of carbonyl (C=O) groups excluding carboxylic acids is 2. The maximum Gasteiger partial charge on any atom is 0.226 e. The smallest absolute Gasteiger partial charge is 0.226 e. The van der Waals surface area contributed by atoms with Crippen LogP contribution in [0.1, 0.15) is 18.9 Å². The minimum absolute atomic E-state index is 0.168. The monoisotopic (exact) mass is 396 g/mol. The van der Waals surface area contributed by atoms with Crippen LogP contribution in [0, 0.1) is 18.6 Å². The molecule has 0 aliphatic carbocycles. The number of nitrogens with zero attached hydrogens (tertiary/aromatic N) is 1. The number of methoxy groups -OCH3 is 1. The Bertz CT molecular complexity index is 854. The fourth-order valence-electron chi connectivity index (χ4n) is 2.53. The molecule has 0 atom stereocenters. The maximum absolute atomic E-state index is 13.9. The summed E-state index contributed by atoms with van der Waals surface area (Å²) in [5.41, 5.74) is 0.681. The highest BCUT2D eigenvalue weighted by Crippen LogP contribution is 2.31. The third-order valence-electron chi connectivity index (χ3n) is 3.90. The largest absolute Gasteiger partial charge is 0.495 e. The SMILES string of the molecule is COc1cc(Cl)c(C)cc1NC(=O)CCN(C(C)=O)c1c(F)cccc1F. The normalized spacial score (nSPS) is 10.4. The lowest BCUT2D eigenvalue weighted by Gasteiger charge is -2.22. The van der Waals surface area contributed by atoms with Gasteiger partial charge in [0.1, 0.15) is 23.1 Å². The van der Waals surface area contributed by atoms with Crippen LogP contribution in [0.15, 0.2) is 30.3 Å². The predicted molar refractivity (Wildman–Crippen MR) is 100 cm³/mol. The molecule has 0 radical (unpaired) electrons. The molecule has 5 nitrogen and oxygen atoms in total. The Labute approximate surface area is 160 Å². The van der Waals surface area contributed by atoms with E-state index in [-0.39, 0.29) is 13.0 Å². The highest BCUT2D eigenvalue weighted by Gasteiger charge is 2.21. The summed E-state index contributed by atoms with van der Waals surface area (Å²) in [6, 6.07) is 6.53. The molecule has 0 fully saturated rings. The molecule has 2 aromatic rings. The molecule has 2 rings (SSSR count). The second-order valence-corrected chi connectivity index (χ2v) is 6.25. The van der Waals surface area contributed by atoms with Gasteiger partial charge in [0, 0.05) is 31.0 Å². The number of para-hydroxylation sites is 1. The predicted octanol–water partition coefficient (Wildman–Crippen LogP) is 4.32. The average molecular weight is 397 g/mol. The van der Waals surface area contributed by atoms with Gasteiger partial charge in [-0.2, -0.15) is 0 Å². The topological polar surface area (TPSA) is 58.6 Å². The first-order valence-corrected chi connectivity index (χ1v) is 8.48. The van der Waals surface area contributed by atoms with Gasteiger partial charge in [0.2, 0.25) is 11.8 Å². The van der Waals surface area contributed by atoms with Crippen LogP contribution in [0.25, 0.3) is 0 Å². The minimum Gasteiger partial charge on any atom is -0.495 e. The molecule has 8 heteroatoms. The summed E-state index contributed by atoms with van der Waals surface area (Å²) in [7, 11) is 1.44. The van der Waals surface area contributed by atoms with Crippen LogP contribution in [0.2, 0.25) is 5.02 Å². The van der Waals surface area contributed by atoms with Crippen LogP contribution < -0.4 is 15.0 Å². The highest BCUT2D eigenvalue weighted by molar-refractivity contribution is 6.31.